The second-order valence-corrected chi connectivity index (χ2v) is 3.71. The van der Waals surface area contributed by atoms with E-state index in [2.05, 4.69) is 26.5 Å². The molecule has 0 radical (unpaired) electrons. The average molecular weight is 237 g/mol. The summed E-state index contributed by atoms with van der Waals surface area (Å²) in [6.45, 7) is 3.69. The highest BCUT2D eigenvalue weighted by Gasteiger charge is 2.00. The van der Waals surface area contributed by atoms with Crippen molar-refractivity contribution in [1.82, 2.24) is 19.5 Å². The molecule has 88 valence electrons. The van der Waals surface area contributed by atoms with Crippen LogP contribution < -0.4 is 0 Å². The molecule has 18 heavy (non-hydrogen) atoms. The summed E-state index contributed by atoms with van der Waals surface area (Å²) in [5.74, 6) is 1.28. The molecule has 2 heterocycles. The van der Waals surface area contributed by atoms with Gasteiger partial charge < -0.3 is 9.55 Å². The van der Waals surface area contributed by atoms with Crippen LogP contribution in [0, 0.1) is 0 Å². The lowest BCUT2D eigenvalue weighted by molar-refractivity contribution is 1.11. The molecule has 0 aliphatic heterocycles. The molecule has 0 amide bonds. The number of rotatable bonds is 3. The molecule has 2 aromatic heterocycles. The Morgan fingerprint density at radius 3 is 3.06 bits per heavy atom. The number of nitrogens with zero attached hydrogens (tertiary/aromatic N) is 4. The van der Waals surface area contributed by atoms with Gasteiger partial charge >= 0.3 is 0 Å². The predicted molar refractivity (Wildman–Crippen MR) is 72.0 cm³/mol. The molecule has 3 aromatic rings. The van der Waals surface area contributed by atoms with Gasteiger partial charge in [0.1, 0.15) is 0 Å². The van der Waals surface area contributed by atoms with Crippen molar-refractivity contribution in [2.24, 2.45) is 4.99 Å². The number of benzene rings is 1. The summed E-state index contributed by atoms with van der Waals surface area (Å²) >= 11 is 0. The molecule has 0 fully saturated rings. The normalized spacial score (nSPS) is 11.3. The van der Waals surface area contributed by atoms with Crippen molar-refractivity contribution < 1.29 is 0 Å². The third-order valence-electron chi connectivity index (χ3n) is 2.57. The summed E-state index contributed by atoms with van der Waals surface area (Å²) in [6, 6.07) is 7.81. The van der Waals surface area contributed by atoms with Gasteiger partial charge in [-0.2, -0.15) is 0 Å². The highest BCUT2D eigenvalue weighted by Crippen LogP contribution is 2.15. The van der Waals surface area contributed by atoms with Crippen molar-refractivity contribution in [3.05, 3.63) is 49.1 Å². The maximum absolute atomic E-state index is 4.35. The zero-order valence-electron chi connectivity index (χ0n) is 9.61. The minimum absolute atomic E-state index is 0.565. The van der Waals surface area contributed by atoms with Crippen LogP contribution in [-0.2, 0) is 0 Å². The molecular weight excluding hydrogens is 226 g/mol. The number of para-hydroxylation sites is 2. The predicted octanol–water partition coefficient (Wildman–Crippen LogP) is 2.61. The second-order valence-electron chi connectivity index (χ2n) is 3.71. The molecular formula is C13H11N5. The minimum Gasteiger partial charge on any atom is -0.322 e. The lowest BCUT2D eigenvalue weighted by Crippen LogP contribution is -1.93. The standard InChI is InChI=1S/C13H11N5/c1-2-18-8-7-14-12(18)9-15-13-16-10-5-3-4-6-11(10)17-13/h2-9H,1H2,(H,16,17). The molecule has 0 saturated carbocycles. The van der Waals surface area contributed by atoms with Crippen LogP contribution in [0.2, 0.25) is 0 Å². The van der Waals surface area contributed by atoms with E-state index in [-0.39, 0.29) is 0 Å². The fourth-order valence-corrected chi connectivity index (χ4v) is 1.70. The molecule has 0 bridgehead atoms. The van der Waals surface area contributed by atoms with Gasteiger partial charge in [0.2, 0.25) is 5.95 Å². The Balaban J connectivity index is 1.94. The van der Waals surface area contributed by atoms with E-state index in [9.17, 15) is 0 Å². The number of hydrogen-bond donors (Lipinski definition) is 1. The summed E-state index contributed by atoms with van der Waals surface area (Å²) in [5.41, 5.74) is 1.87. The summed E-state index contributed by atoms with van der Waals surface area (Å²) < 4.78 is 1.78. The third kappa shape index (κ3) is 1.82. The monoisotopic (exact) mass is 237 g/mol. The Bertz CT molecular complexity index is 687. The minimum atomic E-state index is 0.565. The fraction of sp³-hybridized carbons (Fsp3) is 0. The summed E-state index contributed by atoms with van der Waals surface area (Å²) in [7, 11) is 0. The molecule has 5 nitrogen and oxygen atoms in total. The molecule has 1 N–H and O–H groups in total. The maximum atomic E-state index is 4.35. The summed E-state index contributed by atoms with van der Waals surface area (Å²) in [5, 5.41) is 0. The first-order valence-electron chi connectivity index (χ1n) is 5.51. The van der Waals surface area contributed by atoms with Gasteiger partial charge in [0.25, 0.3) is 0 Å². The van der Waals surface area contributed by atoms with Crippen LogP contribution in [0.25, 0.3) is 17.2 Å². The quantitative estimate of drug-likeness (QED) is 0.712. The Labute approximate surface area is 104 Å². The van der Waals surface area contributed by atoms with Gasteiger partial charge in [0, 0.05) is 18.6 Å². The van der Waals surface area contributed by atoms with Crippen molar-refractivity contribution in [3.63, 3.8) is 0 Å². The van der Waals surface area contributed by atoms with Gasteiger partial charge in [-0.15, -0.1) is 0 Å². The first-order valence-corrected chi connectivity index (χ1v) is 5.51. The number of H-pyrrole nitrogens is 1. The van der Waals surface area contributed by atoms with Crippen molar-refractivity contribution >= 4 is 29.4 Å². The van der Waals surface area contributed by atoms with Gasteiger partial charge in [-0.1, -0.05) is 18.7 Å². The van der Waals surface area contributed by atoms with Gasteiger partial charge in [-0.05, 0) is 12.1 Å². The molecule has 0 spiro atoms. The van der Waals surface area contributed by atoms with E-state index in [4.69, 9.17) is 0 Å². The van der Waals surface area contributed by atoms with Crippen LogP contribution in [0.1, 0.15) is 5.82 Å². The Hall–Kier alpha value is -2.69. The number of fused-ring (bicyclic) bond motifs is 1. The molecule has 0 aliphatic rings. The number of nitrogens with one attached hydrogen (secondary N) is 1. The zero-order valence-corrected chi connectivity index (χ0v) is 9.61. The molecule has 1 aromatic carbocycles. The van der Waals surface area contributed by atoms with E-state index in [0.29, 0.717) is 11.8 Å². The van der Waals surface area contributed by atoms with E-state index < -0.39 is 0 Å². The van der Waals surface area contributed by atoms with Crippen LogP contribution in [0.4, 0.5) is 5.95 Å². The van der Waals surface area contributed by atoms with E-state index in [1.807, 2.05) is 30.5 Å². The zero-order chi connectivity index (χ0) is 12.4. The number of imidazole rings is 2. The van der Waals surface area contributed by atoms with Crippen molar-refractivity contribution in [2.45, 2.75) is 0 Å². The lowest BCUT2D eigenvalue weighted by atomic mass is 10.3. The number of aromatic nitrogens is 4. The average Bonchev–Trinajstić information content (AvgIpc) is 3.01. The molecule has 0 saturated heterocycles. The highest BCUT2D eigenvalue weighted by molar-refractivity contribution is 5.81. The topological polar surface area (TPSA) is 58.9 Å². The first-order chi connectivity index (χ1) is 8.86. The van der Waals surface area contributed by atoms with Crippen LogP contribution in [0.5, 0.6) is 0 Å². The number of aliphatic imine (C=N–C) groups is 1. The SMILES string of the molecule is C=Cn1ccnc1C=Nc1nc2ccccc2[nH]1. The molecule has 0 atom stereocenters. The summed E-state index contributed by atoms with van der Waals surface area (Å²) in [6.07, 6.45) is 6.83. The van der Waals surface area contributed by atoms with Crippen molar-refractivity contribution in [1.29, 1.82) is 0 Å². The maximum Gasteiger partial charge on any atom is 0.227 e. The van der Waals surface area contributed by atoms with Gasteiger partial charge in [-0.3, -0.25) is 0 Å². The fourth-order valence-electron chi connectivity index (χ4n) is 1.70. The van der Waals surface area contributed by atoms with Gasteiger partial charge in [-0.25, -0.2) is 15.0 Å². The molecule has 3 rings (SSSR count). The Morgan fingerprint density at radius 2 is 2.22 bits per heavy atom. The van der Waals surface area contributed by atoms with Crippen LogP contribution in [-0.4, -0.2) is 25.7 Å². The van der Waals surface area contributed by atoms with Crippen LogP contribution in [0.15, 0.2) is 48.2 Å². The van der Waals surface area contributed by atoms with E-state index in [0.717, 1.165) is 11.0 Å². The Kier molecular flexibility index (Phi) is 2.49. The van der Waals surface area contributed by atoms with Gasteiger partial charge in [0.15, 0.2) is 5.82 Å². The Morgan fingerprint density at radius 1 is 1.33 bits per heavy atom. The molecule has 5 heteroatoms. The van der Waals surface area contributed by atoms with Crippen molar-refractivity contribution in [2.75, 3.05) is 0 Å². The molecule has 0 aliphatic carbocycles. The number of aromatic amines is 1. The van der Waals surface area contributed by atoms with Crippen LogP contribution in [0.3, 0.4) is 0 Å². The smallest absolute Gasteiger partial charge is 0.227 e. The first kappa shape index (κ1) is 10.5. The third-order valence-corrected chi connectivity index (χ3v) is 2.57. The highest BCUT2D eigenvalue weighted by atomic mass is 15.1. The molecule has 0 unspecified atom stereocenters. The summed E-state index contributed by atoms with van der Waals surface area (Å²) in [4.78, 5) is 15.9. The van der Waals surface area contributed by atoms with E-state index in [1.165, 1.54) is 0 Å². The van der Waals surface area contributed by atoms with E-state index >= 15 is 0 Å². The largest absolute Gasteiger partial charge is 0.322 e. The van der Waals surface area contributed by atoms with Crippen molar-refractivity contribution in [3.8, 4) is 0 Å². The van der Waals surface area contributed by atoms with Crippen LogP contribution >= 0.6 is 0 Å². The van der Waals surface area contributed by atoms with E-state index in [1.54, 1.807) is 23.2 Å². The second kappa shape index (κ2) is 4.29. The lowest BCUT2D eigenvalue weighted by Gasteiger charge is -1.93. The van der Waals surface area contributed by atoms with Gasteiger partial charge in [0.05, 0.1) is 17.2 Å². The number of hydrogen-bond acceptors (Lipinski definition) is 3.